The number of rotatable bonds is 4. The summed E-state index contributed by atoms with van der Waals surface area (Å²) in [5.74, 6) is 1.03. The molecule has 3 heterocycles. The Morgan fingerprint density at radius 3 is 2.92 bits per heavy atom. The van der Waals surface area contributed by atoms with Gasteiger partial charge in [-0.2, -0.15) is 5.10 Å². The van der Waals surface area contributed by atoms with Gasteiger partial charge in [-0.05, 0) is 24.6 Å². The SMILES string of the molecule is Cc1c([C@H]2CNC[C@@H]2C(=O)N(C)Cc2cc3ccccc3o2)cnn1C. The average molecular weight is 352 g/mol. The van der Waals surface area contributed by atoms with Crippen LogP contribution < -0.4 is 5.32 Å². The summed E-state index contributed by atoms with van der Waals surface area (Å²) in [7, 11) is 3.78. The first-order chi connectivity index (χ1) is 12.5. The summed E-state index contributed by atoms with van der Waals surface area (Å²) in [5, 5.41) is 8.78. The Kier molecular flexibility index (Phi) is 4.28. The number of amides is 1. The van der Waals surface area contributed by atoms with Crippen LogP contribution in [0.3, 0.4) is 0 Å². The van der Waals surface area contributed by atoms with Gasteiger partial charge in [0, 0.05) is 44.2 Å². The molecular weight excluding hydrogens is 328 g/mol. The van der Waals surface area contributed by atoms with Gasteiger partial charge in [0.05, 0.1) is 18.7 Å². The summed E-state index contributed by atoms with van der Waals surface area (Å²) in [6.07, 6.45) is 1.90. The number of aryl methyl sites for hydroxylation is 1. The van der Waals surface area contributed by atoms with E-state index in [0.717, 1.165) is 34.5 Å². The normalized spacial score (nSPS) is 20.0. The number of benzene rings is 1. The Labute approximate surface area is 152 Å². The third-order valence-corrected chi connectivity index (χ3v) is 5.45. The molecule has 1 aromatic carbocycles. The number of hydrogen-bond acceptors (Lipinski definition) is 4. The molecule has 2 atom stereocenters. The summed E-state index contributed by atoms with van der Waals surface area (Å²) in [6, 6.07) is 9.92. The van der Waals surface area contributed by atoms with Crippen molar-refractivity contribution in [2.75, 3.05) is 20.1 Å². The number of para-hydroxylation sites is 1. The predicted molar refractivity (Wildman–Crippen MR) is 99.7 cm³/mol. The van der Waals surface area contributed by atoms with Crippen molar-refractivity contribution in [2.24, 2.45) is 13.0 Å². The van der Waals surface area contributed by atoms with Crippen LogP contribution in [0.25, 0.3) is 11.0 Å². The van der Waals surface area contributed by atoms with Crippen molar-refractivity contribution in [3.05, 3.63) is 53.5 Å². The highest BCUT2D eigenvalue weighted by atomic mass is 16.3. The molecule has 0 spiro atoms. The smallest absolute Gasteiger partial charge is 0.227 e. The molecule has 6 heteroatoms. The summed E-state index contributed by atoms with van der Waals surface area (Å²) in [6.45, 7) is 4.03. The molecule has 2 aromatic heterocycles. The third kappa shape index (κ3) is 2.90. The number of nitrogens with zero attached hydrogens (tertiary/aromatic N) is 3. The second-order valence-corrected chi connectivity index (χ2v) is 7.13. The van der Waals surface area contributed by atoms with Crippen molar-refractivity contribution in [1.29, 1.82) is 0 Å². The Bertz CT molecular complexity index is 909. The van der Waals surface area contributed by atoms with Gasteiger partial charge in [0.1, 0.15) is 11.3 Å². The fourth-order valence-corrected chi connectivity index (χ4v) is 3.85. The second-order valence-electron chi connectivity index (χ2n) is 7.13. The van der Waals surface area contributed by atoms with Crippen LogP contribution >= 0.6 is 0 Å². The molecule has 0 bridgehead atoms. The van der Waals surface area contributed by atoms with Crippen LogP contribution in [0.15, 0.2) is 40.9 Å². The van der Waals surface area contributed by atoms with Crippen LogP contribution in [-0.2, 0) is 18.4 Å². The van der Waals surface area contributed by atoms with E-state index in [1.807, 2.05) is 55.3 Å². The molecule has 136 valence electrons. The highest BCUT2D eigenvalue weighted by molar-refractivity contribution is 5.81. The van der Waals surface area contributed by atoms with E-state index in [-0.39, 0.29) is 17.7 Å². The lowest BCUT2D eigenvalue weighted by atomic mass is 9.88. The van der Waals surface area contributed by atoms with Crippen LogP contribution in [0.5, 0.6) is 0 Å². The van der Waals surface area contributed by atoms with Gasteiger partial charge in [0.2, 0.25) is 5.91 Å². The maximum absolute atomic E-state index is 13.1. The summed E-state index contributed by atoms with van der Waals surface area (Å²) < 4.78 is 7.73. The monoisotopic (exact) mass is 352 g/mol. The zero-order valence-electron chi connectivity index (χ0n) is 15.4. The third-order valence-electron chi connectivity index (χ3n) is 5.45. The Morgan fingerprint density at radius 2 is 2.19 bits per heavy atom. The summed E-state index contributed by atoms with van der Waals surface area (Å²) in [5.41, 5.74) is 3.14. The molecule has 1 N–H and O–H groups in total. The largest absolute Gasteiger partial charge is 0.459 e. The van der Waals surface area contributed by atoms with Gasteiger partial charge in [0.25, 0.3) is 0 Å². The molecule has 0 aliphatic carbocycles. The van der Waals surface area contributed by atoms with Crippen LogP contribution in [0.4, 0.5) is 0 Å². The number of aromatic nitrogens is 2. The van der Waals surface area contributed by atoms with Gasteiger partial charge in [-0.15, -0.1) is 0 Å². The molecular formula is C20H24N4O2. The molecule has 1 saturated heterocycles. The predicted octanol–water partition coefficient (Wildman–Crippen LogP) is 2.44. The van der Waals surface area contributed by atoms with Crippen molar-refractivity contribution < 1.29 is 9.21 Å². The van der Waals surface area contributed by atoms with Crippen LogP contribution in [-0.4, -0.2) is 40.7 Å². The Morgan fingerprint density at radius 1 is 1.38 bits per heavy atom. The van der Waals surface area contributed by atoms with E-state index in [9.17, 15) is 4.79 Å². The maximum Gasteiger partial charge on any atom is 0.227 e. The van der Waals surface area contributed by atoms with Crippen molar-refractivity contribution in [2.45, 2.75) is 19.4 Å². The molecule has 6 nitrogen and oxygen atoms in total. The van der Waals surface area contributed by atoms with Crippen molar-refractivity contribution in [3.63, 3.8) is 0 Å². The van der Waals surface area contributed by atoms with Gasteiger partial charge in [-0.25, -0.2) is 0 Å². The molecule has 3 aromatic rings. The zero-order valence-corrected chi connectivity index (χ0v) is 15.4. The molecule has 1 aliphatic rings. The van der Waals surface area contributed by atoms with Gasteiger partial charge in [-0.1, -0.05) is 18.2 Å². The first kappa shape index (κ1) is 16.8. The summed E-state index contributed by atoms with van der Waals surface area (Å²) in [4.78, 5) is 14.9. The van der Waals surface area contributed by atoms with Crippen LogP contribution in [0.1, 0.15) is 22.9 Å². The standard InChI is InChI=1S/C20H24N4O2/c1-13-16(11-22-24(13)3)17-9-21-10-18(17)20(25)23(2)12-15-8-14-6-4-5-7-19(14)26-15/h4-8,11,17-18,21H,9-10,12H2,1-3H3/t17-,18+/m1/s1. The lowest BCUT2D eigenvalue weighted by Gasteiger charge is -2.24. The second kappa shape index (κ2) is 6.61. The highest BCUT2D eigenvalue weighted by Crippen LogP contribution is 2.31. The van der Waals surface area contributed by atoms with Crippen molar-refractivity contribution >= 4 is 16.9 Å². The molecule has 1 fully saturated rings. The van der Waals surface area contributed by atoms with E-state index >= 15 is 0 Å². The number of fused-ring (bicyclic) bond motifs is 1. The number of hydrogen-bond donors (Lipinski definition) is 1. The summed E-state index contributed by atoms with van der Waals surface area (Å²) >= 11 is 0. The number of furan rings is 1. The van der Waals surface area contributed by atoms with E-state index < -0.39 is 0 Å². The van der Waals surface area contributed by atoms with Gasteiger partial charge in [-0.3, -0.25) is 9.48 Å². The minimum atomic E-state index is -0.0766. The average Bonchev–Trinajstić information content (AvgIpc) is 3.33. The Balaban J connectivity index is 1.51. The molecule has 0 radical (unpaired) electrons. The molecule has 1 aliphatic heterocycles. The minimum Gasteiger partial charge on any atom is -0.459 e. The topological polar surface area (TPSA) is 63.3 Å². The maximum atomic E-state index is 13.1. The van der Waals surface area contributed by atoms with E-state index in [4.69, 9.17) is 4.42 Å². The molecule has 26 heavy (non-hydrogen) atoms. The van der Waals surface area contributed by atoms with Gasteiger partial charge in [0.15, 0.2) is 0 Å². The van der Waals surface area contributed by atoms with Crippen molar-refractivity contribution in [3.8, 4) is 0 Å². The number of carbonyl (C=O) groups excluding carboxylic acids is 1. The van der Waals surface area contributed by atoms with Crippen LogP contribution in [0, 0.1) is 12.8 Å². The number of nitrogens with one attached hydrogen (secondary N) is 1. The van der Waals surface area contributed by atoms with Crippen molar-refractivity contribution in [1.82, 2.24) is 20.0 Å². The highest BCUT2D eigenvalue weighted by Gasteiger charge is 2.37. The molecule has 0 saturated carbocycles. The van der Waals surface area contributed by atoms with Gasteiger partial charge < -0.3 is 14.6 Å². The molecule has 4 rings (SSSR count). The van der Waals surface area contributed by atoms with E-state index in [1.54, 1.807) is 4.90 Å². The quantitative estimate of drug-likeness (QED) is 0.783. The first-order valence-corrected chi connectivity index (χ1v) is 8.96. The lowest BCUT2D eigenvalue weighted by Crippen LogP contribution is -2.35. The molecule has 0 unspecified atom stereocenters. The van der Waals surface area contributed by atoms with E-state index in [1.165, 1.54) is 0 Å². The van der Waals surface area contributed by atoms with E-state index in [0.29, 0.717) is 13.1 Å². The van der Waals surface area contributed by atoms with Gasteiger partial charge >= 0.3 is 0 Å². The fraction of sp³-hybridized carbons (Fsp3) is 0.400. The molecule has 1 amide bonds. The zero-order chi connectivity index (χ0) is 18.3. The number of carbonyl (C=O) groups is 1. The lowest BCUT2D eigenvalue weighted by molar-refractivity contribution is -0.134. The Hall–Kier alpha value is -2.60. The van der Waals surface area contributed by atoms with E-state index in [2.05, 4.69) is 17.3 Å². The first-order valence-electron chi connectivity index (χ1n) is 8.96. The van der Waals surface area contributed by atoms with Crippen LogP contribution in [0.2, 0.25) is 0 Å². The fourth-order valence-electron chi connectivity index (χ4n) is 3.85. The minimum absolute atomic E-state index is 0.0766.